The van der Waals surface area contributed by atoms with Crippen LogP contribution < -0.4 is 10.1 Å². The quantitative estimate of drug-likeness (QED) is 0.382. The van der Waals surface area contributed by atoms with Crippen LogP contribution in [0, 0.1) is 0 Å². The zero-order valence-corrected chi connectivity index (χ0v) is 17.2. The van der Waals surface area contributed by atoms with Gasteiger partial charge in [0.2, 0.25) is 0 Å². The molecule has 7 heteroatoms. The fourth-order valence-corrected chi connectivity index (χ4v) is 2.57. The maximum absolute atomic E-state index is 12.0. The molecule has 0 aliphatic carbocycles. The molecule has 7 nitrogen and oxygen atoms in total. The van der Waals surface area contributed by atoms with Gasteiger partial charge in [0.1, 0.15) is 5.75 Å². The van der Waals surface area contributed by atoms with Gasteiger partial charge in [-0.1, -0.05) is 37.3 Å². The van der Waals surface area contributed by atoms with Gasteiger partial charge in [0.15, 0.2) is 13.2 Å². The Morgan fingerprint density at radius 2 is 1.45 bits per heavy atom. The smallest absolute Gasteiger partial charge is 0.344 e. The van der Waals surface area contributed by atoms with E-state index in [0.29, 0.717) is 17.1 Å². The second kappa shape index (κ2) is 11.3. The van der Waals surface area contributed by atoms with Gasteiger partial charge in [-0.15, -0.1) is 0 Å². The summed E-state index contributed by atoms with van der Waals surface area (Å²) in [7, 11) is 0. The predicted octanol–water partition coefficient (Wildman–Crippen LogP) is 5.23. The molecule has 0 fully saturated rings. The summed E-state index contributed by atoms with van der Waals surface area (Å²) in [5, 5.41) is 10.9. The van der Waals surface area contributed by atoms with Gasteiger partial charge in [-0.05, 0) is 60.5 Å². The molecule has 0 saturated carbocycles. The van der Waals surface area contributed by atoms with Crippen molar-refractivity contribution in [3.63, 3.8) is 0 Å². The molecular weight excluding hydrogens is 394 g/mol. The van der Waals surface area contributed by atoms with Gasteiger partial charge in [0.05, 0.1) is 11.4 Å². The summed E-state index contributed by atoms with van der Waals surface area (Å²) in [5.41, 5.74) is 3.15. The van der Waals surface area contributed by atoms with Crippen molar-refractivity contribution < 1.29 is 19.1 Å². The van der Waals surface area contributed by atoms with E-state index >= 15 is 0 Å². The van der Waals surface area contributed by atoms with E-state index in [1.807, 2.05) is 42.5 Å². The Bertz CT molecular complexity index is 1020. The average Bonchev–Trinajstić information content (AvgIpc) is 2.82. The number of hydrogen-bond donors (Lipinski definition) is 1. The standard InChI is InChI=1S/C24H23N3O4/c1-2-18-8-14-22(15-9-18)30-17-24(29)31-16-23(28)25-19-10-12-21(13-11-19)27-26-20-6-4-3-5-7-20/h3-15H,2,16-17H2,1H3,(H,25,28). The Morgan fingerprint density at radius 1 is 0.806 bits per heavy atom. The van der Waals surface area contributed by atoms with Crippen LogP contribution in [-0.4, -0.2) is 25.1 Å². The normalized spacial score (nSPS) is 10.6. The molecule has 1 N–H and O–H groups in total. The fraction of sp³-hybridized carbons (Fsp3) is 0.167. The van der Waals surface area contributed by atoms with Crippen molar-refractivity contribution in [2.45, 2.75) is 13.3 Å². The highest BCUT2D eigenvalue weighted by molar-refractivity contribution is 5.93. The molecule has 0 radical (unpaired) electrons. The number of anilines is 1. The number of benzene rings is 3. The minimum Gasteiger partial charge on any atom is -0.482 e. The zero-order valence-electron chi connectivity index (χ0n) is 17.2. The first-order valence-electron chi connectivity index (χ1n) is 9.86. The molecule has 31 heavy (non-hydrogen) atoms. The van der Waals surface area contributed by atoms with E-state index in [-0.39, 0.29) is 6.61 Å². The highest BCUT2D eigenvalue weighted by Gasteiger charge is 2.09. The Labute approximate surface area is 180 Å². The first-order valence-corrected chi connectivity index (χ1v) is 9.86. The maximum Gasteiger partial charge on any atom is 0.344 e. The molecule has 0 saturated heterocycles. The topological polar surface area (TPSA) is 89.3 Å². The molecule has 0 aromatic heterocycles. The molecule has 3 aromatic rings. The largest absolute Gasteiger partial charge is 0.482 e. The third-order valence-corrected chi connectivity index (χ3v) is 4.24. The van der Waals surface area contributed by atoms with Gasteiger partial charge >= 0.3 is 5.97 Å². The SMILES string of the molecule is CCc1ccc(OCC(=O)OCC(=O)Nc2ccc(N=Nc3ccccc3)cc2)cc1. The minimum absolute atomic E-state index is 0.264. The van der Waals surface area contributed by atoms with Gasteiger partial charge in [0.25, 0.3) is 5.91 Å². The van der Waals surface area contributed by atoms with E-state index in [4.69, 9.17) is 9.47 Å². The van der Waals surface area contributed by atoms with Crippen LogP contribution in [-0.2, 0) is 20.7 Å². The summed E-state index contributed by atoms with van der Waals surface area (Å²) in [6.07, 6.45) is 0.929. The van der Waals surface area contributed by atoms with Gasteiger partial charge in [-0.2, -0.15) is 10.2 Å². The molecule has 1 amide bonds. The third kappa shape index (κ3) is 7.40. The van der Waals surface area contributed by atoms with Crippen molar-refractivity contribution in [2.24, 2.45) is 10.2 Å². The van der Waals surface area contributed by atoms with Crippen LogP contribution in [0.15, 0.2) is 89.1 Å². The molecule has 3 aromatic carbocycles. The van der Waals surface area contributed by atoms with Gasteiger partial charge in [-0.25, -0.2) is 4.79 Å². The number of azo groups is 1. The van der Waals surface area contributed by atoms with Crippen molar-refractivity contribution in [3.8, 4) is 5.75 Å². The van der Waals surface area contributed by atoms with Crippen LogP contribution in [0.4, 0.5) is 17.1 Å². The number of ether oxygens (including phenoxy) is 2. The molecule has 0 unspecified atom stereocenters. The Balaban J connectivity index is 1.39. The van der Waals surface area contributed by atoms with Crippen LogP contribution in [0.25, 0.3) is 0 Å². The second-order valence-electron chi connectivity index (χ2n) is 6.58. The monoisotopic (exact) mass is 417 g/mol. The minimum atomic E-state index is -0.619. The van der Waals surface area contributed by atoms with Crippen LogP contribution in [0.2, 0.25) is 0 Å². The van der Waals surface area contributed by atoms with Crippen LogP contribution >= 0.6 is 0 Å². The van der Waals surface area contributed by atoms with Crippen molar-refractivity contribution in [1.29, 1.82) is 0 Å². The summed E-state index contributed by atoms with van der Waals surface area (Å²) in [6.45, 7) is 1.40. The van der Waals surface area contributed by atoms with E-state index in [1.54, 1.807) is 36.4 Å². The van der Waals surface area contributed by atoms with E-state index in [9.17, 15) is 9.59 Å². The molecule has 0 spiro atoms. The lowest BCUT2D eigenvalue weighted by atomic mass is 10.2. The molecule has 0 bridgehead atoms. The molecular formula is C24H23N3O4. The van der Waals surface area contributed by atoms with Gasteiger partial charge in [0, 0.05) is 5.69 Å². The van der Waals surface area contributed by atoms with E-state index in [2.05, 4.69) is 22.5 Å². The molecule has 0 atom stereocenters. The maximum atomic E-state index is 12.0. The average molecular weight is 417 g/mol. The van der Waals surface area contributed by atoms with Gasteiger partial charge in [-0.3, -0.25) is 4.79 Å². The number of carbonyl (C=O) groups is 2. The molecule has 0 aliphatic heterocycles. The number of rotatable bonds is 9. The van der Waals surface area contributed by atoms with Crippen LogP contribution in [0.3, 0.4) is 0 Å². The Morgan fingerprint density at radius 3 is 2.10 bits per heavy atom. The van der Waals surface area contributed by atoms with Crippen molar-refractivity contribution in [3.05, 3.63) is 84.4 Å². The number of nitrogens with zero attached hydrogens (tertiary/aromatic N) is 2. The summed E-state index contributed by atoms with van der Waals surface area (Å²) in [6, 6.07) is 23.7. The number of carbonyl (C=O) groups excluding carboxylic acids is 2. The number of hydrogen-bond acceptors (Lipinski definition) is 6. The highest BCUT2D eigenvalue weighted by Crippen LogP contribution is 2.20. The lowest BCUT2D eigenvalue weighted by Crippen LogP contribution is -2.23. The Hall–Kier alpha value is -4.00. The fourth-order valence-electron chi connectivity index (χ4n) is 2.57. The van der Waals surface area contributed by atoms with E-state index < -0.39 is 18.5 Å². The van der Waals surface area contributed by atoms with Crippen LogP contribution in [0.1, 0.15) is 12.5 Å². The van der Waals surface area contributed by atoms with Crippen molar-refractivity contribution >= 4 is 28.9 Å². The first-order chi connectivity index (χ1) is 15.1. The summed E-state index contributed by atoms with van der Waals surface area (Å²) in [4.78, 5) is 23.8. The predicted molar refractivity (Wildman–Crippen MR) is 118 cm³/mol. The molecule has 0 aliphatic rings. The first kappa shape index (κ1) is 21.7. The second-order valence-corrected chi connectivity index (χ2v) is 6.58. The van der Waals surface area contributed by atoms with E-state index in [1.165, 1.54) is 5.56 Å². The summed E-state index contributed by atoms with van der Waals surface area (Å²) >= 11 is 0. The van der Waals surface area contributed by atoms with Crippen LogP contribution in [0.5, 0.6) is 5.75 Å². The summed E-state index contributed by atoms with van der Waals surface area (Å²) in [5.74, 6) is -0.492. The molecule has 158 valence electrons. The number of aryl methyl sites for hydroxylation is 1. The number of amides is 1. The highest BCUT2D eigenvalue weighted by atomic mass is 16.6. The Kier molecular flexibility index (Phi) is 7.88. The number of esters is 1. The number of nitrogens with one attached hydrogen (secondary N) is 1. The van der Waals surface area contributed by atoms with Crippen molar-refractivity contribution in [1.82, 2.24) is 0 Å². The zero-order chi connectivity index (χ0) is 21.9. The van der Waals surface area contributed by atoms with Crippen molar-refractivity contribution in [2.75, 3.05) is 18.5 Å². The third-order valence-electron chi connectivity index (χ3n) is 4.24. The van der Waals surface area contributed by atoms with Gasteiger partial charge < -0.3 is 14.8 Å². The lowest BCUT2D eigenvalue weighted by Gasteiger charge is -2.08. The molecule has 3 rings (SSSR count). The van der Waals surface area contributed by atoms with E-state index in [0.717, 1.165) is 12.1 Å². The molecule has 0 heterocycles. The lowest BCUT2D eigenvalue weighted by molar-refractivity contribution is -0.149. The summed E-state index contributed by atoms with van der Waals surface area (Å²) < 4.78 is 10.3.